The maximum absolute atomic E-state index is 6.05. The lowest BCUT2D eigenvalue weighted by Gasteiger charge is -2.28. The third-order valence-corrected chi connectivity index (χ3v) is 3.64. The Morgan fingerprint density at radius 2 is 2.00 bits per heavy atom. The Hall–Kier alpha value is -1.05. The molecule has 0 saturated heterocycles. The Labute approximate surface area is 104 Å². The zero-order valence-electron chi connectivity index (χ0n) is 11.1. The van der Waals surface area contributed by atoms with E-state index in [9.17, 15) is 0 Å². The van der Waals surface area contributed by atoms with Crippen molar-refractivity contribution in [2.24, 2.45) is 5.92 Å². The molecule has 1 fully saturated rings. The lowest BCUT2D eigenvalue weighted by Crippen LogP contribution is -2.28. The average Bonchev–Trinajstić information content (AvgIpc) is 2.32. The molecule has 0 amide bonds. The van der Waals surface area contributed by atoms with E-state index in [1.807, 2.05) is 12.1 Å². The summed E-state index contributed by atoms with van der Waals surface area (Å²) in [5.74, 6) is 1.92. The topological polar surface area (TPSA) is 22.1 Å². The molecule has 2 nitrogen and oxygen atoms in total. The van der Waals surface area contributed by atoms with Gasteiger partial charge < -0.3 is 4.74 Å². The van der Waals surface area contributed by atoms with Gasteiger partial charge in [-0.05, 0) is 37.2 Å². The highest BCUT2D eigenvalue weighted by atomic mass is 16.5. The second-order valence-electron chi connectivity index (χ2n) is 5.47. The molecular formula is C15H23NO. The van der Waals surface area contributed by atoms with E-state index in [2.05, 4.69) is 31.8 Å². The smallest absolute Gasteiger partial charge is 0.213 e. The first-order valence-corrected chi connectivity index (χ1v) is 6.80. The van der Waals surface area contributed by atoms with Gasteiger partial charge in [0.1, 0.15) is 6.10 Å². The molecule has 1 aliphatic carbocycles. The molecular weight excluding hydrogens is 210 g/mol. The number of pyridine rings is 1. The molecule has 94 valence electrons. The van der Waals surface area contributed by atoms with Crippen molar-refractivity contribution in [3.63, 3.8) is 0 Å². The van der Waals surface area contributed by atoms with Crippen LogP contribution in [0.4, 0.5) is 0 Å². The van der Waals surface area contributed by atoms with Crippen LogP contribution in [-0.2, 0) is 0 Å². The van der Waals surface area contributed by atoms with Crippen LogP contribution in [0.2, 0.25) is 0 Å². The molecule has 1 aromatic heterocycles. The zero-order valence-corrected chi connectivity index (χ0v) is 11.1. The molecule has 0 radical (unpaired) electrons. The molecule has 0 aromatic carbocycles. The summed E-state index contributed by atoms with van der Waals surface area (Å²) in [4.78, 5) is 4.58. The predicted molar refractivity (Wildman–Crippen MR) is 70.4 cm³/mol. The van der Waals surface area contributed by atoms with Gasteiger partial charge in [0.05, 0.1) is 0 Å². The summed E-state index contributed by atoms with van der Waals surface area (Å²) in [6.45, 7) is 6.61. The van der Waals surface area contributed by atoms with Gasteiger partial charge in [-0.25, -0.2) is 4.98 Å². The quantitative estimate of drug-likeness (QED) is 0.782. The second-order valence-corrected chi connectivity index (χ2v) is 5.47. The van der Waals surface area contributed by atoms with E-state index in [1.54, 1.807) is 0 Å². The van der Waals surface area contributed by atoms with Crippen LogP contribution in [-0.4, -0.2) is 11.1 Å². The number of aromatic nitrogens is 1. The predicted octanol–water partition coefficient (Wildman–Crippen LogP) is 4.16. The van der Waals surface area contributed by atoms with Gasteiger partial charge in [0.2, 0.25) is 5.88 Å². The van der Waals surface area contributed by atoms with E-state index in [0.29, 0.717) is 17.9 Å². The van der Waals surface area contributed by atoms with E-state index in [1.165, 1.54) is 25.7 Å². The highest BCUT2D eigenvalue weighted by Crippen LogP contribution is 2.27. The second kappa shape index (κ2) is 5.52. The van der Waals surface area contributed by atoms with Crippen molar-refractivity contribution in [1.29, 1.82) is 0 Å². The first kappa shape index (κ1) is 12.4. The Balaban J connectivity index is 2.04. The van der Waals surface area contributed by atoms with Crippen LogP contribution >= 0.6 is 0 Å². The van der Waals surface area contributed by atoms with Crippen molar-refractivity contribution in [2.45, 2.75) is 58.5 Å². The minimum atomic E-state index is 0.360. The number of rotatable bonds is 3. The highest BCUT2D eigenvalue weighted by molar-refractivity contribution is 5.18. The summed E-state index contributed by atoms with van der Waals surface area (Å²) in [6.07, 6.45) is 5.46. The molecule has 0 spiro atoms. The molecule has 2 rings (SSSR count). The van der Waals surface area contributed by atoms with Crippen LogP contribution in [0.1, 0.15) is 58.1 Å². The maximum atomic E-state index is 6.05. The van der Waals surface area contributed by atoms with Crippen molar-refractivity contribution in [3.05, 3.63) is 23.9 Å². The minimum absolute atomic E-state index is 0.360. The SMILES string of the molecule is CC(C)c1cccc(O[C@H]2CCCC[C@H]2C)n1. The van der Waals surface area contributed by atoms with Crippen LogP contribution < -0.4 is 4.74 Å². The summed E-state index contributed by atoms with van der Waals surface area (Å²) in [5.41, 5.74) is 1.12. The fourth-order valence-corrected chi connectivity index (χ4v) is 2.43. The largest absolute Gasteiger partial charge is 0.474 e. The van der Waals surface area contributed by atoms with E-state index in [4.69, 9.17) is 4.74 Å². The molecule has 1 saturated carbocycles. The maximum Gasteiger partial charge on any atom is 0.213 e. The van der Waals surface area contributed by atoms with Crippen molar-refractivity contribution in [3.8, 4) is 5.88 Å². The van der Waals surface area contributed by atoms with E-state index >= 15 is 0 Å². The molecule has 2 heteroatoms. The molecule has 2 atom stereocenters. The molecule has 17 heavy (non-hydrogen) atoms. The van der Waals surface area contributed by atoms with E-state index in [-0.39, 0.29) is 0 Å². The van der Waals surface area contributed by atoms with Gasteiger partial charge in [0, 0.05) is 11.8 Å². The van der Waals surface area contributed by atoms with Gasteiger partial charge >= 0.3 is 0 Å². The Morgan fingerprint density at radius 3 is 2.71 bits per heavy atom. The standard InChI is InChI=1S/C15H23NO/c1-11(2)13-8-6-10-15(16-13)17-14-9-5-4-7-12(14)3/h6,8,10-12,14H,4-5,7,9H2,1-3H3/t12-,14+/m1/s1. The lowest BCUT2D eigenvalue weighted by molar-refractivity contribution is 0.0973. The Morgan fingerprint density at radius 1 is 1.24 bits per heavy atom. The summed E-state index contributed by atoms with van der Waals surface area (Å²) >= 11 is 0. The third kappa shape index (κ3) is 3.21. The normalized spacial score (nSPS) is 24.9. The lowest BCUT2D eigenvalue weighted by atomic mass is 9.88. The molecule has 0 aliphatic heterocycles. The van der Waals surface area contributed by atoms with Crippen LogP contribution in [0.15, 0.2) is 18.2 Å². The fourth-order valence-electron chi connectivity index (χ4n) is 2.43. The first-order valence-electron chi connectivity index (χ1n) is 6.80. The molecule has 0 unspecified atom stereocenters. The van der Waals surface area contributed by atoms with Gasteiger partial charge in [-0.1, -0.05) is 33.3 Å². The number of hydrogen-bond acceptors (Lipinski definition) is 2. The van der Waals surface area contributed by atoms with Crippen LogP contribution in [0.3, 0.4) is 0 Å². The molecule has 0 bridgehead atoms. The number of ether oxygens (including phenoxy) is 1. The van der Waals surface area contributed by atoms with Gasteiger partial charge in [-0.15, -0.1) is 0 Å². The van der Waals surface area contributed by atoms with Gasteiger partial charge in [0.25, 0.3) is 0 Å². The fraction of sp³-hybridized carbons (Fsp3) is 0.667. The third-order valence-electron chi connectivity index (χ3n) is 3.64. The summed E-state index contributed by atoms with van der Waals surface area (Å²) in [5, 5.41) is 0. The number of hydrogen-bond donors (Lipinski definition) is 0. The molecule has 1 aliphatic rings. The monoisotopic (exact) mass is 233 g/mol. The zero-order chi connectivity index (χ0) is 12.3. The van der Waals surface area contributed by atoms with Gasteiger partial charge in [-0.2, -0.15) is 0 Å². The van der Waals surface area contributed by atoms with Gasteiger partial charge in [-0.3, -0.25) is 0 Å². The summed E-state index contributed by atoms with van der Waals surface area (Å²) < 4.78 is 6.05. The molecule has 0 N–H and O–H groups in total. The summed E-state index contributed by atoms with van der Waals surface area (Å²) in [6, 6.07) is 6.10. The average molecular weight is 233 g/mol. The van der Waals surface area contributed by atoms with Crippen molar-refractivity contribution in [1.82, 2.24) is 4.98 Å². The van der Waals surface area contributed by atoms with Crippen molar-refractivity contribution < 1.29 is 4.74 Å². The van der Waals surface area contributed by atoms with Crippen LogP contribution in [0.5, 0.6) is 5.88 Å². The van der Waals surface area contributed by atoms with E-state index in [0.717, 1.165) is 11.6 Å². The molecule has 1 aromatic rings. The Bertz CT molecular complexity index is 362. The minimum Gasteiger partial charge on any atom is -0.474 e. The van der Waals surface area contributed by atoms with Crippen LogP contribution in [0, 0.1) is 5.92 Å². The molecule has 1 heterocycles. The van der Waals surface area contributed by atoms with Crippen molar-refractivity contribution >= 4 is 0 Å². The Kier molecular flexibility index (Phi) is 4.03. The number of nitrogens with zero attached hydrogens (tertiary/aromatic N) is 1. The summed E-state index contributed by atoms with van der Waals surface area (Å²) in [7, 11) is 0. The van der Waals surface area contributed by atoms with Crippen molar-refractivity contribution in [2.75, 3.05) is 0 Å². The van der Waals surface area contributed by atoms with Gasteiger partial charge in [0.15, 0.2) is 0 Å². The van der Waals surface area contributed by atoms with Crippen LogP contribution in [0.25, 0.3) is 0 Å². The first-order chi connectivity index (χ1) is 8.16. The van der Waals surface area contributed by atoms with E-state index < -0.39 is 0 Å². The highest BCUT2D eigenvalue weighted by Gasteiger charge is 2.23.